The molecule has 2 aliphatic rings. The molecule has 0 radical (unpaired) electrons. The molecule has 2 aromatic heterocycles. The van der Waals surface area contributed by atoms with E-state index in [1.54, 1.807) is 11.1 Å². The zero-order chi connectivity index (χ0) is 31.8. The topological polar surface area (TPSA) is 92.9 Å². The third kappa shape index (κ3) is 6.00. The molecule has 3 N–H and O–H groups in total. The predicted octanol–water partition coefficient (Wildman–Crippen LogP) is 6.72. The summed E-state index contributed by atoms with van der Waals surface area (Å²) in [6.45, 7) is 3.35. The second-order valence-corrected chi connectivity index (χ2v) is 12.9. The second kappa shape index (κ2) is 12.7. The van der Waals surface area contributed by atoms with Gasteiger partial charge in [-0.15, -0.1) is 0 Å². The summed E-state index contributed by atoms with van der Waals surface area (Å²) in [6.07, 6.45) is 3.91. The number of halogens is 1. The molecular formula is C37H40FN7O. The fourth-order valence-corrected chi connectivity index (χ4v) is 6.86. The van der Waals surface area contributed by atoms with Gasteiger partial charge in [0.1, 0.15) is 23.9 Å². The highest BCUT2D eigenvalue weighted by Gasteiger charge is 2.41. The molecule has 0 bridgehead atoms. The van der Waals surface area contributed by atoms with E-state index in [-0.39, 0.29) is 18.9 Å². The number of aromatic amines is 2. The Kier molecular flexibility index (Phi) is 8.27. The quantitative estimate of drug-likeness (QED) is 0.180. The zero-order valence-electron chi connectivity index (χ0n) is 26.5. The number of H-pyrrole nitrogens is 2. The van der Waals surface area contributed by atoms with Gasteiger partial charge in [0, 0.05) is 6.42 Å². The number of likely N-dealkylation sites (tertiary alicyclic amines) is 1. The third-order valence-corrected chi connectivity index (χ3v) is 9.31. The number of nitrogens with zero attached hydrogens (tertiary/aromatic N) is 4. The Morgan fingerprint density at radius 1 is 0.826 bits per heavy atom. The van der Waals surface area contributed by atoms with Gasteiger partial charge in [-0.05, 0) is 60.8 Å². The van der Waals surface area contributed by atoms with Gasteiger partial charge in [0.05, 0.1) is 42.4 Å². The summed E-state index contributed by atoms with van der Waals surface area (Å²) in [6, 6.07) is 25.8. The van der Waals surface area contributed by atoms with E-state index >= 15 is 0 Å². The lowest BCUT2D eigenvalue weighted by Crippen LogP contribution is -2.40. The van der Waals surface area contributed by atoms with Crippen LogP contribution < -0.4 is 5.32 Å². The van der Waals surface area contributed by atoms with Crippen LogP contribution in [0.5, 0.6) is 0 Å². The van der Waals surface area contributed by atoms with Crippen molar-refractivity contribution in [2.24, 2.45) is 5.92 Å². The predicted molar refractivity (Wildman–Crippen MR) is 178 cm³/mol. The molecule has 46 heavy (non-hydrogen) atoms. The summed E-state index contributed by atoms with van der Waals surface area (Å²) >= 11 is 0. The fraction of sp³-hybridized carbons (Fsp3) is 0.324. The van der Waals surface area contributed by atoms with Gasteiger partial charge in [-0.2, -0.15) is 0 Å². The molecule has 7 rings (SSSR count). The lowest BCUT2D eigenvalue weighted by Gasteiger charge is -2.31. The minimum atomic E-state index is -1.10. The van der Waals surface area contributed by atoms with Crippen LogP contribution in [0.2, 0.25) is 0 Å². The minimum Gasteiger partial charge on any atom is -0.341 e. The van der Waals surface area contributed by atoms with Gasteiger partial charge in [-0.25, -0.2) is 14.4 Å². The van der Waals surface area contributed by atoms with Gasteiger partial charge in [0.2, 0.25) is 5.91 Å². The van der Waals surface area contributed by atoms with Crippen molar-refractivity contribution in [1.29, 1.82) is 0 Å². The van der Waals surface area contributed by atoms with Gasteiger partial charge in [0.15, 0.2) is 0 Å². The summed E-state index contributed by atoms with van der Waals surface area (Å²) in [7, 11) is 3.75. The van der Waals surface area contributed by atoms with Crippen LogP contribution >= 0.6 is 0 Å². The fourth-order valence-electron chi connectivity index (χ4n) is 6.86. The molecule has 1 amide bonds. The van der Waals surface area contributed by atoms with Gasteiger partial charge in [-0.1, -0.05) is 85.8 Å². The van der Waals surface area contributed by atoms with E-state index < -0.39 is 18.3 Å². The van der Waals surface area contributed by atoms with E-state index in [0.717, 1.165) is 58.0 Å². The molecule has 0 saturated carbocycles. The largest absolute Gasteiger partial charge is 0.341 e. The van der Waals surface area contributed by atoms with E-state index in [1.165, 1.54) is 0 Å². The summed E-state index contributed by atoms with van der Waals surface area (Å²) < 4.78 is 14.8. The number of hydrogen-bond acceptors (Lipinski definition) is 5. The first kappa shape index (κ1) is 30.1. The van der Waals surface area contributed by atoms with Crippen LogP contribution in [-0.4, -0.2) is 69.0 Å². The Labute approximate surface area is 269 Å². The van der Waals surface area contributed by atoms with Crippen LogP contribution in [0.4, 0.5) is 4.39 Å². The Hall–Kier alpha value is -4.60. The van der Waals surface area contributed by atoms with E-state index in [9.17, 15) is 9.18 Å². The van der Waals surface area contributed by atoms with Crippen molar-refractivity contribution in [2.45, 2.75) is 44.1 Å². The Morgan fingerprint density at radius 2 is 1.39 bits per heavy atom. The maximum atomic E-state index is 14.8. The molecule has 3 aromatic carbocycles. The molecule has 0 spiro atoms. The highest BCUT2D eigenvalue weighted by molar-refractivity contribution is 5.84. The van der Waals surface area contributed by atoms with Crippen LogP contribution in [0.15, 0.2) is 91.3 Å². The molecule has 4 heterocycles. The highest BCUT2D eigenvalue weighted by atomic mass is 19.1. The van der Waals surface area contributed by atoms with Crippen LogP contribution in [0.25, 0.3) is 33.6 Å². The SMILES string of the molecule is C[C@@H]1CN[C@H](c2ncc(-c3ccc(-c4ccc(-c5cnc([C@@H]6C[C@H](F)CN6C(=O)[C@@H](c6ccccc6)N(C)C)[nH]5)cc4)cc3)[nH]2)C1. The van der Waals surface area contributed by atoms with E-state index in [2.05, 4.69) is 80.7 Å². The smallest absolute Gasteiger partial charge is 0.245 e. The third-order valence-electron chi connectivity index (χ3n) is 9.31. The van der Waals surface area contributed by atoms with E-state index in [0.29, 0.717) is 17.8 Å². The average Bonchev–Trinajstić information content (AvgIpc) is 3.89. The van der Waals surface area contributed by atoms with E-state index in [4.69, 9.17) is 0 Å². The normalized spacial score (nSPS) is 22.1. The molecular weight excluding hydrogens is 577 g/mol. The molecule has 2 saturated heterocycles. The summed E-state index contributed by atoms with van der Waals surface area (Å²) in [4.78, 5) is 33.5. The Balaban J connectivity index is 1.05. The number of carbonyl (C=O) groups excluding carboxylic acids is 1. The number of benzene rings is 3. The lowest BCUT2D eigenvalue weighted by molar-refractivity contribution is -0.137. The summed E-state index contributed by atoms with van der Waals surface area (Å²) in [5.41, 5.74) is 7.04. The van der Waals surface area contributed by atoms with Crippen molar-refractivity contribution in [1.82, 2.24) is 35.1 Å². The number of amides is 1. The van der Waals surface area contributed by atoms with Crippen molar-refractivity contribution >= 4 is 5.91 Å². The van der Waals surface area contributed by atoms with Gasteiger partial charge in [-0.3, -0.25) is 9.69 Å². The number of rotatable bonds is 8. The number of hydrogen-bond donors (Lipinski definition) is 3. The molecule has 0 aliphatic carbocycles. The maximum absolute atomic E-state index is 14.8. The van der Waals surface area contributed by atoms with Crippen LogP contribution in [0.3, 0.4) is 0 Å². The second-order valence-electron chi connectivity index (χ2n) is 12.9. The van der Waals surface area contributed by atoms with Crippen molar-refractivity contribution < 1.29 is 9.18 Å². The highest BCUT2D eigenvalue weighted by Crippen LogP contribution is 2.37. The molecule has 5 atom stereocenters. The maximum Gasteiger partial charge on any atom is 0.245 e. The van der Waals surface area contributed by atoms with Crippen molar-refractivity contribution in [3.63, 3.8) is 0 Å². The summed E-state index contributed by atoms with van der Waals surface area (Å²) in [5, 5.41) is 3.54. The van der Waals surface area contributed by atoms with Crippen molar-refractivity contribution in [3.05, 3.63) is 108 Å². The molecule has 8 nitrogen and oxygen atoms in total. The molecule has 2 aliphatic heterocycles. The zero-order valence-corrected chi connectivity index (χ0v) is 26.5. The van der Waals surface area contributed by atoms with Crippen LogP contribution in [-0.2, 0) is 4.79 Å². The molecule has 236 valence electrons. The number of carbonyl (C=O) groups is 1. The number of likely N-dealkylation sites (N-methyl/N-ethyl adjacent to an activating group) is 1. The summed E-state index contributed by atoms with van der Waals surface area (Å²) in [5.74, 6) is 2.15. The first-order chi connectivity index (χ1) is 22.3. The van der Waals surface area contributed by atoms with Gasteiger partial charge in [0.25, 0.3) is 0 Å². The first-order valence-corrected chi connectivity index (χ1v) is 16.0. The van der Waals surface area contributed by atoms with Crippen molar-refractivity contribution in [2.75, 3.05) is 27.2 Å². The average molecular weight is 618 g/mol. The van der Waals surface area contributed by atoms with Crippen LogP contribution in [0, 0.1) is 5.92 Å². The molecule has 9 heteroatoms. The monoisotopic (exact) mass is 617 g/mol. The lowest BCUT2D eigenvalue weighted by atomic mass is 10.0. The molecule has 2 fully saturated rings. The van der Waals surface area contributed by atoms with Crippen molar-refractivity contribution in [3.8, 4) is 33.6 Å². The minimum absolute atomic E-state index is 0.0583. The molecule has 0 unspecified atom stereocenters. The number of alkyl halides is 1. The Morgan fingerprint density at radius 3 is 1.96 bits per heavy atom. The van der Waals surface area contributed by atoms with Gasteiger partial charge >= 0.3 is 0 Å². The first-order valence-electron chi connectivity index (χ1n) is 16.0. The Bertz CT molecular complexity index is 1780. The van der Waals surface area contributed by atoms with E-state index in [1.807, 2.05) is 55.5 Å². The van der Waals surface area contributed by atoms with Gasteiger partial charge < -0.3 is 20.2 Å². The number of nitrogens with one attached hydrogen (secondary N) is 3. The standard InChI is InChI=1S/C37H40FN7O/c1-23-17-30(39-19-23)35-40-20-31(42-35)26-13-9-24(10-14-26)25-11-15-27(16-12-25)32-21-41-36(43-32)33-18-29(38)22-45(33)37(46)34(44(2)3)28-7-5-4-6-8-28/h4-16,20-21,23,29-30,33-34,39H,17-19,22H2,1-3H3,(H,40,42)(H,41,43)/t23-,29-,30-,33-,34+/m0/s1. The molecule has 5 aromatic rings. The van der Waals surface area contributed by atoms with Crippen LogP contribution in [0.1, 0.15) is 55.1 Å². The number of imidazole rings is 2. The number of aromatic nitrogens is 4.